The Labute approximate surface area is 160 Å². The lowest BCUT2D eigenvalue weighted by atomic mass is 9.97. The number of thiophene rings is 1. The molecule has 4 rings (SSSR count). The molecule has 0 spiro atoms. The number of piperidine rings is 1. The van der Waals surface area contributed by atoms with Crippen molar-refractivity contribution in [3.8, 4) is 10.8 Å². The second kappa shape index (κ2) is 7.63. The highest BCUT2D eigenvalue weighted by molar-refractivity contribution is 7.98. The molecule has 1 fully saturated rings. The van der Waals surface area contributed by atoms with E-state index >= 15 is 0 Å². The van der Waals surface area contributed by atoms with Crippen LogP contribution in [-0.4, -0.2) is 40.3 Å². The third kappa shape index (κ3) is 3.41. The molecule has 3 aromatic rings. The maximum Gasteiger partial charge on any atom is 0.257 e. The summed E-state index contributed by atoms with van der Waals surface area (Å²) in [6.07, 6.45) is 3.89. The molecule has 0 bridgehead atoms. The number of benzene rings is 1. The number of nitrogens with zero attached hydrogens (tertiary/aromatic N) is 3. The summed E-state index contributed by atoms with van der Waals surface area (Å²) in [5.41, 5.74) is 0.769. The van der Waals surface area contributed by atoms with Gasteiger partial charge in [0.05, 0.1) is 16.4 Å². The lowest BCUT2D eigenvalue weighted by Crippen LogP contribution is -2.39. The third-order valence-corrected chi connectivity index (χ3v) is 6.22. The first kappa shape index (κ1) is 17.3. The number of rotatable bonds is 4. The normalized spacial score (nSPS) is 17.4. The fourth-order valence-corrected chi connectivity index (χ4v) is 4.49. The molecule has 26 heavy (non-hydrogen) atoms. The molecule has 0 radical (unpaired) electrons. The summed E-state index contributed by atoms with van der Waals surface area (Å²) in [6.45, 7) is 1.39. The lowest BCUT2D eigenvalue weighted by molar-refractivity contribution is 0.0695. The largest absolute Gasteiger partial charge is 0.420 e. The van der Waals surface area contributed by atoms with Crippen molar-refractivity contribution in [1.29, 1.82) is 0 Å². The smallest absolute Gasteiger partial charge is 0.257 e. The first-order valence-corrected chi connectivity index (χ1v) is 10.7. The fourth-order valence-electron chi connectivity index (χ4n) is 3.25. The van der Waals surface area contributed by atoms with Crippen LogP contribution in [0.25, 0.3) is 10.8 Å². The first-order chi connectivity index (χ1) is 12.8. The first-order valence-electron chi connectivity index (χ1n) is 8.56. The number of hydrogen-bond donors (Lipinski definition) is 0. The summed E-state index contributed by atoms with van der Waals surface area (Å²) in [5, 5.41) is 10.4. The SMILES string of the molecule is CSc1ccccc1C(=O)N1CCCC(c2nnc(-c3cccs3)o2)C1. The summed E-state index contributed by atoms with van der Waals surface area (Å²) >= 11 is 3.18. The van der Waals surface area contributed by atoms with E-state index in [0.717, 1.165) is 34.7 Å². The molecule has 1 amide bonds. The molecule has 1 aromatic carbocycles. The number of carbonyl (C=O) groups excluding carboxylic acids is 1. The van der Waals surface area contributed by atoms with Gasteiger partial charge in [0, 0.05) is 18.0 Å². The van der Waals surface area contributed by atoms with Crippen molar-refractivity contribution in [3.63, 3.8) is 0 Å². The average molecular weight is 386 g/mol. The summed E-state index contributed by atoms with van der Waals surface area (Å²) < 4.78 is 5.89. The molecule has 0 saturated carbocycles. The predicted molar refractivity (Wildman–Crippen MR) is 104 cm³/mol. The second-order valence-corrected chi connectivity index (χ2v) is 8.01. The summed E-state index contributed by atoms with van der Waals surface area (Å²) in [7, 11) is 0. The highest BCUT2D eigenvalue weighted by Crippen LogP contribution is 2.31. The Balaban J connectivity index is 1.52. The summed E-state index contributed by atoms with van der Waals surface area (Å²) in [6, 6.07) is 11.7. The maximum atomic E-state index is 13.0. The quantitative estimate of drug-likeness (QED) is 0.617. The zero-order valence-corrected chi connectivity index (χ0v) is 16.1. The van der Waals surface area contributed by atoms with Crippen molar-refractivity contribution >= 4 is 29.0 Å². The summed E-state index contributed by atoms with van der Waals surface area (Å²) in [4.78, 5) is 16.9. The number of likely N-dealkylation sites (tertiary alicyclic amines) is 1. The lowest BCUT2D eigenvalue weighted by Gasteiger charge is -2.31. The highest BCUT2D eigenvalue weighted by Gasteiger charge is 2.29. The highest BCUT2D eigenvalue weighted by atomic mass is 32.2. The van der Waals surface area contributed by atoms with Crippen LogP contribution >= 0.6 is 23.1 Å². The van der Waals surface area contributed by atoms with Crippen molar-refractivity contribution in [2.75, 3.05) is 19.3 Å². The van der Waals surface area contributed by atoms with Crippen molar-refractivity contribution in [2.24, 2.45) is 0 Å². The molecule has 1 saturated heterocycles. The Morgan fingerprint density at radius 1 is 1.27 bits per heavy atom. The van der Waals surface area contributed by atoms with E-state index in [2.05, 4.69) is 10.2 Å². The van der Waals surface area contributed by atoms with E-state index in [0.29, 0.717) is 18.3 Å². The third-order valence-electron chi connectivity index (χ3n) is 4.57. The van der Waals surface area contributed by atoms with Gasteiger partial charge < -0.3 is 9.32 Å². The number of thioether (sulfide) groups is 1. The standard InChI is InChI=1S/C19H19N3O2S2/c1-25-15-8-3-2-7-14(15)19(23)22-10-4-6-13(12-22)17-20-21-18(24-17)16-9-5-11-26-16/h2-3,5,7-9,11,13H,4,6,10,12H2,1H3. The molecule has 1 atom stereocenters. The Morgan fingerprint density at radius 2 is 2.15 bits per heavy atom. The molecule has 2 aromatic heterocycles. The van der Waals surface area contributed by atoms with E-state index in [1.54, 1.807) is 23.1 Å². The van der Waals surface area contributed by atoms with Gasteiger partial charge in [-0.3, -0.25) is 4.79 Å². The van der Waals surface area contributed by atoms with Crippen molar-refractivity contribution in [2.45, 2.75) is 23.7 Å². The average Bonchev–Trinajstić information content (AvgIpc) is 3.39. The van der Waals surface area contributed by atoms with Crippen LogP contribution in [0, 0.1) is 0 Å². The van der Waals surface area contributed by atoms with Gasteiger partial charge in [-0.2, -0.15) is 0 Å². The molecule has 7 heteroatoms. The minimum Gasteiger partial charge on any atom is -0.420 e. The van der Waals surface area contributed by atoms with E-state index in [1.165, 1.54) is 0 Å². The molecule has 1 aliphatic heterocycles. The molecule has 1 aliphatic rings. The van der Waals surface area contributed by atoms with Crippen LogP contribution in [0.4, 0.5) is 0 Å². The predicted octanol–water partition coefficient (Wildman–Crippen LogP) is 4.54. The van der Waals surface area contributed by atoms with Crippen molar-refractivity contribution < 1.29 is 9.21 Å². The molecule has 1 unspecified atom stereocenters. The Kier molecular flexibility index (Phi) is 5.08. The minimum absolute atomic E-state index is 0.0812. The van der Waals surface area contributed by atoms with E-state index < -0.39 is 0 Å². The van der Waals surface area contributed by atoms with Crippen molar-refractivity contribution in [3.05, 3.63) is 53.2 Å². The van der Waals surface area contributed by atoms with Crippen LogP contribution in [0.3, 0.4) is 0 Å². The maximum absolute atomic E-state index is 13.0. The van der Waals surface area contributed by atoms with Crippen LogP contribution in [-0.2, 0) is 0 Å². The van der Waals surface area contributed by atoms with E-state index in [-0.39, 0.29) is 11.8 Å². The van der Waals surface area contributed by atoms with Gasteiger partial charge in [-0.1, -0.05) is 18.2 Å². The molecule has 0 N–H and O–H groups in total. The Hall–Kier alpha value is -2.12. The van der Waals surface area contributed by atoms with Crippen LogP contribution in [0.1, 0.15) is 35.0 Å². The van der Waals surface area contributed by atoms with E-state index in [4.69, 9.17) is 4.42 Å². The molecule has 0 aliphatic carbocycles. The van der Waals surface area contributed by atoms with Gasteiger partial charge in [-0.15, -0.1) is 33.3 Å². The number of aromatic nitrogens is 2. The van der Waals surface area contributed by atoms with Crippen molar-refractivity contribution in [1.82, 2.24) is 15.1 Å². The van der Waals surface area contributed by atoms with Crippen LogP contribution < -0.4 is 0 Å². The molecular formula is C19H19N3O2S2. The van der Waals surface area contributed by atoms with E-state index in [1.807, 2.05) is 52.9 Å². The second-order valence-electron chi connectivity index (χ2n) is 6.21. The monoisotopic (exact) mass is 385 g/mol. The van der Waals surface area contributed by atoms with Gasteiger partial charge in [0.2, 0.25) is 5.89 Å². The molecule has 3 heterocycles. The van der Waals surface area contributed by atoms with Gasteiger partial charge in [-0.25, -0.2) is 0 Å². The van der Waals surface area contributed by atoms with Crippen LogP contribution in [0.15, 0.2) is 51.1 Å². The van der Waals surface area contributed by atoms with Crippen LogP contribution in [0.2, 0.25) is 0 Å². The number of amides is 1. The molecular weight excluding hydrogens is 366 g/mol. The van der Waals surface area contributed by atoms with Gasteiger partial charge in [0.25, 0.3) is 11.8 Å². The van der Waals surface area contributed by atoms with E-state index in [9.17, 15) is 4.79 Å². The Morgan fingerprint density at radius 3 is 2.96 bits per heavy atom. The zero-order chi connectivity index (χ0) is 17.9. The Bertz CT molecular complexity index is 892. The van der Waals surface area contributed by atoms with Crippen LogP contribution in [0.5, 0.6) is 0 Å². The summed E-state index contributed by atoms with van der Waals surface area (Å²) in [5.74, 6) is 1.36. The topological polar surface area (TPSA) is 59.2 Å². The van der Waals surface area contributed by atoms with Gasteiger partial charge >= 0.3 is 0 Å². The molecule has 134 valence electrons. The molecule has 5 nitrogen and oxygen atoms in total. The fraction of sp³-hybridized carbons (Fsp3) is 0.316. The minimum atomic E-state index is 0.0812. The van der Waals surface area contributed by atoms with Gasteiger partial charge in [0.1, 0.15) is 0 Å². The van der Waals surface area contributed by atoms with Gasteiger partial charge in [0.15, 0.2) is 0 Å². The van der Waals surface area contributed by atoms with Gasteiger partial charge in [-0.05, 0) is 42.7 Å². The number of carbonyl (C=O) groups is 1. The zero-order valence-electron chi connectivity index (χ0n) is 14.4. The number of hydrogen-bond acceptors (Lipinski definition) is 6.